The van der Waals surface area contributed by atoms with E-state index in [0.29, 0.717) is 23.5 Å². The Kier molecular flexibility index (Phi) is 9.42. The number of benzene rings is 3. The summed E-state index contributed by atoms with van der Waals surface area (Å²) in [7, 11) is 0. The Morgan fingerprint density at radius 3 is 2.24 bits per heavy atom. The van der Waals surface area contributed by atoms with E-state index in [1.807, 2.05) is 30.5 Å². The number of aromatic nitrogens is 7. The van der Waals surface area contributed by atoms with Crippen LogP contribution in [-0.2, 0) is 26.5 Å². The summed E-state index contributed by atoms with van der Waals surface area (Å²) < 4.78 is 12.1. The quantitative estimate of drug-likeness (QED) is 0.148. The molecule has 6 heterocycles. The zero-order valence-electron chi connectivity index (χ0n) is 31.7. The predicted octanol–water partition coefficient (Wildman–Crippen LogP) is 11.7. The summed E-state index contributed by atoms with van der Waals surface area (Å²) >= 11 is 1.60. The van der Waals surface area contributed by atoms with Gasteiger partial charge < -0.3 is 9.30 Å². The Labute approximate surface area is 338 Å². The van der Waals surface area contributed by atoms with Crippen LogP contribution in [0.15, 0.2) is 103 Å². The summed E-state index contributed by atoms with van der Waals surface area (Å²) in [6.45, 7) is 15.5. The first-order valence-electron chi connectivity index (χ1n) is 18.4. The number of thiazole rings is 1. The van der Waals surface area contributed by atoms with E-state index in [4.69, 9.17) is 14.7 Å². The third-order valence-corrected chi connectivity index (χ3v) is 11.0. The Morgan fingerprint density at radius 1 is 0.745 bits per heavy atom. The third-order valence-electron chi connectivity index (χ3n) is 9.97. The van der Waals surface area contributed by atoms with Gasteiger partial charge in [-0.05, 0) is 63.7 Å². The van der Waals surface area contributed by atoms with Crippen LogP contribution in [0.2, 0.25) is 0 Å². The number of rotatable bonds is 7. The van der Waals surface area contributed by atoms with Crippen molar-refractivity contribution in [3.8, 4) is 40.0 Å². The molecule has 10 heteroatoms. The van der Waals surface area contributed by atoms with E-state index in [2.05, 4.69) is 145 Å². The summed E-state index contributed by atoms with van der Waals surface area (Å²) in [5.74, 6) is 3.38. The molecule has 0 aliphatic rings. The van der Waals surface area contributed by atoms with Crippen molar-refractivity contribution in [2.75, 3.05) is 0 Å². The summed E-state index contributed by atoms with van der Waals surface area (Å²) in [5.41, 5.74) is 9.11. The first-order valence-corrected chi connectivity index (χ1v) is 19.2. The Hall–Kier alpha value is -5.24. The van der Waals surface area contributed by atoms with Crippen molar-refractivity contribution < 1.29 is 25.8 Å². The second-order valence-corrected chi connectivity index (χ2v) is 16.5. The van der Waals surface area contributed by atoms with Crippen molar-refractivity contribution >= 4 is 48.3 Å². The Balaban J connectivity index is 0.00000427. The van der Waals surface area contributed by atoms with Crippen molar-refractivity contribution in [3.05, 3.63) is 126 Å². The van der Waals surface area contributed by atoms with Crippen LogP contribution in [0.3, 0.4) is 0 Å². The molecule has 0 N–H and O–H groups in total. The van der Waals surface area contributed by atoms with Gasteiger partial charge in [0.1, 0.15) is 11.6 Å². The van der Waals surface area contributed by atoms with Crippen LogP contribution in [0.25, 0.3) is 65.3 Å². The van der Waals surface area contributed by atoms with Gasteiger partial charge >= 0.3 is 0 Å². The number of pyridine rings is 3. The van der Waals surface area contributed by atoms with Gasteiger partial charge in [-0.3, -0.25) is 9.38 Å². The van der Waals surface area contributed by atoms with Gasteiger partial charge in [-0.25, -0.2) is 9.97 Å². The topological polar surface area (TPSA) is 83.0 Å². The molecule has 0 amide bonds. The molecule has 278 valence electrons. The monoisotopic (exact) mass is 921 g/mol. The Bertz CT molecular complexity index is 2840. The molecule has 0 bridgehead atoms. The van der Waals surface area contributed by atoms with E-state index < -0.39 is 0 Å². The molecular weight excluding hydrogens is 882 g/mol. The molecule has 0 unspecified atom stereocenters. The fourth-order valence-electron chi connectivity index (χ4n) is 7.45. The van der Waals surface area contributed by atoms with Gasteiger partial charge in [0.2, 0.25) is 10.8 Å². The summed E-state index contributed by atoms with van der Waals surface area (Å²) in [4.78, 5) is 15.5. The van der Waals surface area contributed by atoms with Crippen LogP contribution in [0.1, 0.15) is 77.3 Å². The molecular formula is C45H40N7OPtS-. The number of hydrogen-bond acceptors (Lipinski definition) is 7. The second kappa shape index (κ2) is 14.1. The molecule has 6 aromatic heterocycles. The average Bonchev–Trinajstić information content (AvgIpc) is 3.84. The van der Waals surface area contributed by atoms with Crippen molar-refractivity contribution in [1.82, 2.24) is 34.1 Å². The summed E-state index contributed by atoms with van der Waals surface area (Å²) in [5, 5.41) is 11.2. The van der Waals surface area contributed by atoms with Crippen LogP contribution in [0.4, 0.5) is 0 Å². The standard InChI is InChI=1S/C45H40N7OS.Pt/c1-26(2)30-14-12-15-31(27(3)4)42(30)28-21-35(34-16-10-11-20-46-34)48-41(22-28)53-29-18-19-33-32-13-8-9-17-36(32)51(37(33)23-29)40-24-38-39(25-47-40)54-44-50-49-43(52(38)44)45(5,6)7;/h8-22,24-27H,1-7H3;/q-1;. The van der Waals surface area contributed by atoms with E-state index in [9.17, 15) is 0 Å². The third kappa shape index (κ3) is 6.43. The zero-order valence-corrected chi connectivity index (χ0v) is 34.8. The average molecular weight is 922 g/mol. The van der Waals surface area contributed by atoms with E-state index in [0.717, 1.165) is 65.6 Å². The summed E-state index contributed by atoms with van der Waals surface area (Å²) in [6, 6.07) is 34.9. The smallest absolute Gasteiger partial charge is 0.217 e. The fraction of sp³-hybridized carbons (Fsp3) is 0.222. The van der Waals surface area contributed by atoms with Gasteiger partial charge in [-0.15, -0.1) is 27.7 Å². The van der Waals surface area contributed by atoms with E-state index in [-0.39, 0.29) is 26.5 Å². The molecule has 3 aromatic carbocycles. The molecule has 9 aromatic rings. The first-order chi connectivity index (χ1) is 26.0. The minimum absolute atomic E-state index is 0. The van der Waals surface area contributed by atoms with Crippen LogP contribution < -0.4 is 4.74 Å². The normalized spacial score (nSPS) is 12.1. The van der Waals surface area contributed by atoms with E-state index in [1.54, 1.807) is 17.5 Å². The molecule has 0 fully saturated rings. The van der Waals surface area contributed by atoms with Crippen LogP contribution >= 0.6 is 11.3 Å². The summed E-state index contributed by atoms with van der Waals surface area (Å²) in [6.07, 6.45) is 3.73. The van der Waals surface area contributed by atoms with Gasteiger partial charge in [0.15, 0.2) is 0 Å². The number of hydrogen-bond donors (Lipinski definition) is 0. The maximum absolute atomic E-state index is 6.71. The van der Waals surface area contributed by atoms with Crippen molar-refractivity contribution in [2.24, 2.45) is 0 Å². The van der Waals surface area contributed by atoms with E-state index in [1.165, 1.54) is 16.7 Å². The molecule has 0 atom stereocenters. The first kappa shape index (κ1) is 36.7. The molecule has 0 aliphatic carbocycles. The molecule has 55 heavy (non-hydrogen) atoms. The van der Waals surface area contributed by atoms with Crippen molar-refractivity contribution in [3.63, 3.8) is 0 Å². The second-order valence-electron chi connectivity index (χ2n) is 15.5. The van der Waals surface area contributed by atoms with Gasteiger partial charge in [0.05, 0.1) is 21.6 Å². The van der Waals surface area contributed by atoms with Crippen LogP contribution in [-0.4, -0.2) is 34.1 Å². The molecule has 0 saturated heterocycles. The Morgan fingerprint density at radius 2 is 1.51 bits per heavy atom. The number of fused-ring (bicyclic) bond motifs is 6. The SMILES string of the molecule is CC(C)c1cccc(C(C)C)c1-c1cc(Oc2[c-]c3c(cc2)c2ccccc2n3-c2cc3c(cn2)sc2nnc(C(C)(C)C)n23)nc(-c2ccccn2)c1.[Pt]. The van der Waals surface area contributed by atoms with Gasteiger partial charge in [0, 0.05) is 62.3 Å². The number of para-hydroxylation sites is 1. The fourth-order valence-corrected chi connectivity index (χ4v) is 8.37. The van der Waals surface area contributed by atoms with Gasteiger partial charge in [0.25, 0.3) is 0 Å². The maximum atomic E-state index is 6.71. The minimum Gasteiger partial charge on any atom is -0.466 e. The molecule has 0 spiro atoms. The maximum Gasteiger partial charge on any atom is 0.217 e. The van der Waals surface area contributed by atoms with Crippen molar-refractivity contribution in [2.45, 2.75) is 65.7 Å². The molecule has 0 radical (unpaired) electrons. The van der Waals surface area contributed by atoms with Crippen LogP contribution in [0.5, 0.6) is 11.6 Å². The van der Waals surface area contributed by atoms with Crippen molar-refractivity contribution in [1.29, 1.82) is 0 Å². The number of ether oxygens (including phenoxy) is 1. The molecule has 0 saturated carbocycles. The van der Waals surface area contributed by atoms with Gasteiger partial charge in [-0.1, -0.05) is 108 Å². The largest absolute Gasteiger partial charge is 0.466 e. The van der Waals surface area contributed by atoms with Gasteiger partial charge in [-0.2, -0.15) is 6.07 Å². The minimum atomic E-state index is -0.182. The molecule has 9 rings (SSSR count). The van der Waals surface area contributed by atoms with Crippen LogP contribution in [0, 0.1) is 6.07 Å². The number of nitrogens with zero attached hydrogens (tertiary/aromatic N) is 7. The molecule has 8 nitrogen and oxygen atoms in total. The molecule has 0 aliphatic heterocycles. The van der Waals surface area contributed by atoms with E-state index >= 15 is 0 Å². The zero-order chi connectivity index (χ0) is 37.3. The predicted molar refractivity (Wildman–Crippen MR) is 219 cm³/mol.